The van der Waals surface area contributed by atoms with E-state index in [0.29, 0.717) is 0 Å². The number of hydrogen-bond acceptors (Lipinski definition) is 15. The molecule has 0 heterocycles. The van der Waals surface area contributed by atoms with Crippen molar-refractivity contribution < 1.29 is 61.9 Å². The second kappa shape index (κ2) is 21.7. The van der Waals surface area contributed by atoms with E-state index < -0.39 is 71.4 Å². The van der Waals surface area contributed by atoms with E-state index in [0.717, 1.165) is 0 Å². The van der Waals surface area contributed by atoms with Crippen molar-refractivity contribution >= 4 is 59.8 Å². The van der Waals surface area contributed by atoms with Crippen LogP contribution in [0, 0.1) is 0 Å². The summed E-state index contributed by atoms with van der Waals surface area (Å²) in [6, 6.07) is 0. The molecule has 0 aromatic heterocycles. The second-order valence-corrected chi connectivity index (χ2v) is 15.4. The summed E-state index contributed by atoms with van der Waals surface area (Å²) in [5.41, 5.74) is -3.40. The summed E-state index contributed by atoms with van der Waals surface area (Å²) in [4.78, 5) is 82.4. The Hall–Kier alpha value is -4.81. The van der Waals surface area contributed by atoms with Crippen LogP contribution in [0.1, 0.15) is 95.9 Å². The van der Waals surface area contributed by atoms with Gasteiger partial charge in [-0.1, -0.05) is 0 Å². The number of aliphatic imine (C=N–C) groups is 2. The fourth-order valence-corrected chi connectivity index (χ4v) is 3.21. The van der Waals surface area contributed by atoms with Gasteiger partial charge in [-0.15, -0.1) is 0 Å². The second-order valence-electron chi connectivity index (χ2n) is 14.9. The van der Waals surface area contributed by atoms with E-state index in [1.165, 1.54) is 0 Å². The molecule has 0 aliphatic rings. The lowest BCUT2D eigenvalue weighted by Crippen LogP contribution is -2.47. The number of guanidine groups is 2. The van der Waals surface area contributed by atoms with Gasteiger partial charge in [-0.25, -0.2) is 19.2 Å². The minimum absolute atomic E-state index is 0.218. The number of amides is 4. The number of hydrogen-bond donors (Lipinski definition) is 4. The predicted molar refractivity (Wildman–Crippen MR) is 193 cm³/mol. The van der Waals surface area contributed by atoms with E-state index in [1.807, 2.05) is 0 Å². The largest absolute Gasteiger partial charge is 0.479 e. The van der Waals surface area contributed by atoms with Crippen molar-refractivity contribution in [3.8, 4) is 0 Å². The molecule has 20 heteroatoms. The Morgan fingerprint density at radius 3 is 1.15 bits per heavy atom. The Balaban J connectivity index is 5.50. The topological polar surface area (TPSA) is 240 Å². The van der Waals surface area contributed by atoms with Crippen molar-refractivity contribution in [3.05, 3.63) is 11.8 Å². The van der Waals surface area contributed by atoms with Gasteiger partial charge in [-0.2, -0.15) is 0 Å². The van der Waals surface area contributed by atoms with Crippen LogP contribution in [-0.2, 0) is 42.7 Å². The Bertz CT molecular complexity index is 1290. The van der Waals surface area contributed by atoms with Gasteiger partial charge in [0.15, 0.2) is 11.3 Å². The molecule has 0 radical (unpaired) electrons. The van der Waals surface area contributed by atoms with Crippen LogP contribution < -0.4 is 21.3 Å². The van der Waals surface area contributed by atoms with Crippen LogP contribution in [0.5, 0.6) is 0 Å². The molecule has 0 saturated carbocycles. The standard InChI is InChI=1S/C33H55ClN6O13/c1-20(34)47-18-21(49-23(42)15-17-36-25(39-28(45)52-32(8,9)10)40-29(46)53-33(11,12)13)19-48-22(41)14-16-35-24(37-26(43)50-30(2,3)4)38-27(44)51-31(5,6)7/h21H,1,14-19H2,2-13H3,(H2,35,37,38,43,44)(H2,36,39,40,45,46). The number of carbonyl (C=O) groups is 6. The summed E-state index contributed by atoms with van der Waals surface area (Å²) in [6.07, 6.45) is -5.50. The van der Waals surface area contributed by atoms with Gasteiger partial charge >= 0.3 is 36.3 Å². The minimum Gasteiger partial charge on any atom is -0.479 e. The van der Waals surface area contributed by atoms with Crippen LogP contribution in [0.2, 0.25) is 0 Å². The van der Waals surface area contributed by atoms with Gasteiger partial charge in [0.2, 0.25) is 11.9 Å². The number of rotatable bonds is 12. The third-order valence-electron chi connectivity index (χ3n) is 4.80. The van der Waals surface area contributed by atoms with Gasteiger partial charge in [-0.05, 0) is 101 Å². The van der Waals surface area contributed by atoms with E-state index in [-0.39, 0.29) is 49.7 Å². The number of nitrogens with one attached hydrogen (secondary N) is 4. The highest BCUT2D eigenvalue weighted by atomic mass is 35.5. The zero-order valence-corrected chi connectivity index (χ0v) is 33.4. The van der Waals surface area contributed by atoms with Gasteiger partial charge in [0.05, 0.1) is 25.9 Å². The monoisotopic (exact) mass is 778 g/mol. The van der Waals surface area contributed by atoms with E-state index in [4.69, 9.17) is 44.8 Å². The van der Waals surface area contributed by atoms with Crippen LogP contribution in [0.4, 0.5) is 19.2 Å². The number of esters is 2. The van der Waals surface area contributed by atoms with E-state index >= 15 is 0 Å². The first-order valence-electron chi connectivity index (χ1n) is 16.4. The van der Waals surface area contributed by atoms with Crippen molar-refractivity contribution in [2.24, 2.45) is 9.98 Å². The average molecular weight is 779 g/mol. The highest BCUT2D eigenvalue weighted by Crippen LogP contribution is 2.10. The minimum atomic E-state index is -1.15. The highest BCUT2D eigenvalue weighted by molar-refractivity contribution is 6.27. The molecule has 0 rings (SSSR count). The van der Waals surface area contributed by atoms with Crippen molar-refractivity contribution in [2.75, 3.05) is 26.3 Å². The molecule has 0 saturated heterocycles. The van der Waals surface area contributed by atoms with E-state index in [9.17, 15) is 28.8 Å². The third kappa shape index (κ3) is 29.5. The molecular formula is C33H55ClN6O13. The fourth-order valence-electron chi connectivity index (χ4n) is 3.14. The summed E-state index contributed by atoms with van der Waals surface area (Å²) in [5.74, 6) is -2.29. The Morgan fingerprint density at radius 1 is 0.547 bits per heavy atom. The molecule has 0 fully saturated rings. The summed E-state index contributed by atoms with van der Waals surface area (Å²) in [5, 5.41) is 8.94. The Kier molecular flexibility index (Phi) is 19.7. The Labute approximate surface area is 315 Å². The molecule has 1 atom stereocenters. The molecule has 53 heavy (non-hydrogen) atoms. The molecule has 0 spiro atoms. The summed E-state index contributed by atoms with van der Waals surface area (Å²) in [7, 11) is 0. The van der Waals surface area contributed by atoms with Crippen LogP contribution >= 0.6 is 11.6 Å². The van der Waals surface area contributed by atoms with Crippen LogP contribution in [0.25, 0.3) is 0 Å². The molecular weight excluding hydrogens is 724 g/mol. The number of halogens is 1. The van der Waals surface area contributed by atoms with Crippen molar-refractivity contribution in [1.29, 1.82) is 0 Å². The lowest BCUT2D eigenvalue weighted by Gasteiger charge is -2.22. The number of nitrogens with zero attached hydrogens (tertiary/aromatic N) is 2. The van der Waals surface area contributed by atoms with Crippen LogP contribution in [0.3, 0.4) is 0 Å². The molecule has 4 amide bonds. The van der Waals surface area contributed by atoms with Gasteiger partial charge in [0.1, 0.15) is 35.6 Å². The first kappa shape index (κ1) is 48.2. The zero-order chi connectivity index (χ0) is 41.2. The number of carbonyl (C=O) groups excluding carboxylic acids is 6. The summed E-state index contributed by atoms with van der Waals surface area (Å²) in [6.45, 7) is 21.7. The first-order valence-corrected chi connectivity index (χ1v) is 16.8. The Morgan fingerprint density at radius 2 is 0.849 bits per heavy atom. The van der Waals surface area contributed by atoms with Gasteiger partial charge in [0, 0.05) is 0 Å². The summed E-state index contributed by atoms with van der Waals surface area (Å²) >= 11 is 5.68. The number of alkyl carbamates (subject to hydrolysis) is 4. The van der Waals surface area contributed by atoms with E-state index in [2.05, 4.69) is 37.8 Å². The predicted octanol–water partition coefficient (Wildman–Crippen LogP) is 4.76. The SMILES string of the molecule is C=C(Cl)OCC(COC(=O)CCN=C(NC(=O)OC(C)(C)C)NC(=O)OC(C)(C)C)OC(=O)CCN=C(NC(=O)OC(C)(C)C)NC(=O)OC(C)(C)C. The quantitative estimate of drug-likeness (QED) is 0.0688. The van der Waals surface area contributed by atoms with E-state index in [1.54, 1.807) is 83.1 Å². The highest BCUT2D eigenvalue weighted by Gasteiger charge is 2.24. The molecule has 0 aliphatic heterocycles. The van der Waals surface area contributed by atoms with Crippen molar-refractivity contribution in [3.63, 3.8) is 0 Å². The normalized spacial score (nSPS) is 12.0. The maximum absolute atomic E-state index is 12.7. The molecule has 0 aliphatic carbocycles. The van der Waals surface area contributed by atoms with Gasteiger partial charge < -0.3 is 33.2 Å². The number of ether oxygens (including phenoxy) is 7. The summed E-state index contributed by atoms with van der Waals surface area (Å²) < 4.78 is 36.4. The van der Waals surface area contributed by atoms with Crippen LogP contribution in [-0.4, -0.2) is 103 Å². The maximum Gasteiger partial charge on any atom is 0.414 e. The third-order valence-corrected chi connectivity index (χ3v) is 4.91. The average Bonchev–Trinajstić information content (AvgIpc) is 2.89. The lowest BCUT2D eigenvalue weighted by atomic mass is 10.2. The smallest absolute Gasteiger partial charge is 0.414 e. The fraction of sp³-hybridized carbons (Fsp3) is 0.697. The van der Waals surface area contributed by atoms with Crippen molar-refractivity contribution in [2.45, 2.75) is 124 Å². The first-order chi connectivity index (χ1) is 24.0. The maximum atomic E-state index is 12.7. The molecule has 4 N–H and O–H groups in total. The molecule has 1 unspecified atom stereocenters. The molecule has 19 nitrogen and oxygen atoms in total. The molecule has 0 aromatic carbocycles. The lowest BCUT2D eigenvalue weighted by molar-refractivity contribution is -0.161. The van der Waals surface area contributed by atoms with Gasteiger partial charge in [0.25, 0.3) is 0 Å². The zero-order valence-electron chi connectivity index (χ0n) is 32.6. The molecule has 0 bridgehead atoms. The molecule has 302 valence electrons. The van der Waals surface area contributed by atoms with Crippen LogP contribution in [0.15, 0.2) is 21.8 Å². The van der Waals surface area contributed by atoms with Crippen molar-refractivity contribution in [1.82, 2.24) is 21.3 Å². The van der Waals surface area contributed by atoms with Gasteiger partial charge in [-0.3, -0.25) is 40.8 Å². The molecule has 0 aromatic rings.